The Morgan fingerprint density at radius 2 is 2.00 bits per heavy atom. The molecule has 17 heavy (non-hydrogen) atoms. The number of hydrogen-bond acceptors (Lipinski definition) is 2. The van der Waals surface area contributed by atoms with Gasteiger partial charge < -0.3 is 0 Å². The summed E-state index contributed by atoms with van der Waals surface area (Å²) in [5.41, 5.74) is 2.45. The molecule has 0 spiro atoms. The predicted molar refractivity (Wildman–Crippen MR) is 75.5 cm³/mol. The molecule has 0 fully saturated rings. The van der Waals surface area contributed by atoms with Crippen LogP contribution in [-0.4, -0.2) is 12.1 Å². The van der Waals surface area contributed by atoms with Gasteiger partial charge in [-0.3, -0.25) is 4.99 Å². The molecule has 0 aliphatic heterocycles. The van der Waals surface area contributed by atoms with E-state index in [9.17, 15) is 0 Å². The largest absolute Gasteiger partial charge is 0.281 e. The molecule has 0 bridgehead atoms. The quantitative estimate of drug-likeness (QED) is 0.587. The molecular weight excluding hydrogens is 226 g/mol. The van der Waals surface area contributed by atoms with Crippen LogP contribution in [0.4, 0.5) is 0 Å². The van der Waals surface area contributed by atoms with Crippen LogP contribution in [0.1, 0.15) is 11.1 Å². The summed E-state index contributed by atoms with van der Waals surface area (Å²) in [5.74, 6) is 0.947. The molecule has 2 rings (SSSR count). The van der Waals surface area contributed by atoms with Crippen LogP contribution in [0.25, 0.3) is 0 Å². The highest BCUT2D eigenvalue weighted by molar-refractivity contribution is 8.13. The highest BCUT2D eigenvalue weighted by Gasteiger charge is 2.03. The van der Waals surface area contributed by atoms with Gasteiger partial charge in [0.1, 0.15) is 0 Å². The molecule has 0 N–H and O–H groups in total. The maximum atomic E-state index is 4.33. The second kappa shape index (κ2) is 6.26. The zero-order valence-electron chi connectivity index (χ0n) is 9.76. The van der Waals surface area contributed by atoms with Gasteiger partial charge in [-0.1, -0.05) is 48.5 Å². The van der Waals surface area contributed by atoms with Crippen molar-refractivity contribution < 1.29 is 0 Å². The van der Waals surface area contributed by atoms with Crippen molar-refractivity contribution in [1.29, 1.82) is 0 Å². The summed E-state index contributed by atoms with van der Waals surface area (Å²) >= 11 is 1.76. The number of benzene rings is 2. The smallest absolute Gasteiger partial charge is 0.0976 e. The third-order valence-electron chi connectivity index (χ3n) is 2.38. The molecule has 1 radical (unpaired) electrons. The minimum atomic E-state index is 0.947. The van der Waals surface area contributed by atoms with E-state index < -0.39 is 0 Å². The van der Waals surface area contributed by atoms with Crippen molar-refractivity contribution >= 4 is 16.8 Å². The Labute approximate surface area is 107 Å². The molecule has 0 atom stereocenters. The lowest BCUT2D eigenvalue weighted by molar-refractivity contribution is 1.41. The average molecular weight is 240 g/mol. The summed E-state index contributed by atoms with van der Waals surface area (Å²) < 4.78 is 0. The van der Waals surface area contributed by atoms with Gasteiger partial charge in [-0.25, -0.2) is 0 Å². The molecule has 2 aromatic carbocycles. The Bertz CT molecular complexity index is 477. The van der Waals surface area contributed by atoms with Gasteiger partial charge in [0.2, 0.25) is 0 Å². The summed E-state index contributed by atoms with van der Waals surface area (Å²) in [6.07, 6.45) is 0. The van der Waals surface area contributed by atoms with Crippen LogP contribution < -0.4 is 0 Å². The Morgan fingerprint density at radius 3 is 2.65 bits per heavy atom. The van der Waals surface area contributed by atoms with E-state index in [1.54, 1.807) is 11.8 Å². The lowest BCUT2D eigenvalue weighted by Gasteiger charge is -2.05. The molecule has 0 aromatic heterocycles. The second-order valence-electron chi connectivity index (χ2n) is 3.60. The standard InChI is InChI=1S/C15H14NS/c1-16-15(14-10-6-3-7-11-14)17-12-13-8-4-2-5-9-13/h2-6,8-11H,12H2,1H3/b16-15+. The maximum Gasteiger partial charge on any atom is 0.0976 e. The first-order valence-corrected chi connectivity index (χ1v) is 6.48. The molecule has 2 heteroatoms. The summed E-state index contributed by atoms with van der Waals surface area (Å²) in [6, 6.07) is 21.4. The number of hydrogen-bond donors (Lipinski definition) is 0. The summed E-state index contributed by atoms with van der Waals surface area (Å²) in [7, 11) is 1.83. The van der Waals surface area contributed by atoms with Gasteiger partial charge in [-0.15, -0.1) is 11.8 Å². The van der Waals surface area contributed by atoms with Gasteiger partial charge in [0.15, 0.2) is 0 Å². The van der Waals surface area contributed by atoms with Crippen molar-refractivity contribution in [2.24, 2.45) is 4.99 Å². The van der Waals surface area contributed by atoms with Crippen LogP contribution in [-0.2, 0) is 5.75 Å². The van der Waals surface area contributed by atoms with Gasteiger partial charge in [-0.05, 0) is 17.7 Å². The topological polar surface area (TPSA) is 12.4 Å². The molecule has 1 nitrogen and oxygen atoms in total. The number of nitrogens with zero attached hydrogens (tertiary/aromatic N) is 1. The van der Waals surface area contributed by atoms with Crippen molar-refractivity contribution in [1.82, 2.24) is 0 Å². The minimum absolute atomic E-state index is 0.947. The van der Waals surface area contributed by atoms with Crippen LogP contribution in [0.3, 0.4) is 0 Å². The van der Waals surface area contributed by atoms with E-state index in [2.05, 4.69) is 41.4 Å². The molecule has 0 heterocycles. The highest BCUT2D eigenvalue weighted by atomic mass is 32.2. The first-order valence-electron chi connectivity index (χ1n) is 5.50. The fraction of sp³-hybridized carbons (Fsp3) is 0.133. The minimum Gasteiger partial charge on any atom is -0.281 e. The summed E-state index contributed by atoms with van der Waals surface area (Å²) in [4.78, 5) is 4.33. The van der Waals surface area contributed by atoms with E-state index in [0.29, 0.717) is 0 Å². The molecule has 85 valence electrons. The molecule has 0 saturated carbocycles. The molecule has 0 unspecified atom stereocenters. The highest BCUT2D eigenvalue weighted by Crippen LogP contribution is 2.18. The van der Waals surface area contributed by atoms with Crippen molar-refractivity contribution in [3.05, 3.63) is 71.8 Å². The predicted octanol–water partition coefficient (Wildman–Crippen LogP) is 3.80. The maximum absolute atomic E-state index is 4.33. The zero-order valence-corrected chi connectivity index (χ0v) is 10.6. The number of thioether (sulfide) groups is 1. The Hall–Kier alpha value is -1.54. The fourth-order valence-electron chi connectivity index (χ4n) is 1.53. The molecule has 0 aliphatic rings. The Morgan fingerprint density at radius 1 is 1.18 bits per heavy atom. The van der Waals surface area contributed by atoms with Crippen LogP contribution in [0.15, 0.2) is 59.6 Å². The Balaban J connectivity index is 2.03. The first kappa shape index (κ1) is 11.9. The molecule has 2 aromatic rings. The zero-order chi connectivity index (χ0) is 11.9. The third-order valence-corrected chi connectivity index (χ3v) is 3.54. The van der Waals surface area contributed by atoms with Crippen LogP contribution in [0, 0.1) is 6.07 Å². The van der Waals surface area contributed by atoms with E-state index >= 15 is 0 Å². The average Bonchev–Trinajstić information content (AvgIpc) is 2.42. The lowest BCUT2D eigenvalue weighted by atomic mass is 10.2. The normalized spacial score (nSPS) is 11.5. The number of aliphatic imine (C=N–C) groups is 1. The summed E-state index contributed by atoms with van der Waals surface area (Å²) in [5, 5.41) is 1.06. The van der Waals surface area contributed by atoms with Gasteiger partial charge in [0, 0.05) is 18.4 Å². The molecule has 0 aliphatic carbocycles. The second-order valence-corrected chi connectivity index (χ2v) is 4.56. The molecule has 0 amide bonds. The fourth-order valence-corrected chi connectivity index (χ4v) is 2.45. The van der Waals surface area contributed by atoms with Crippen molar-refractivity contribution in [3.8, 4) is 0 Å². The van der Waals surface area contributed by atoms with E-state index in [1.807, 2.05) is 31.3 Å². The van der Waals surface area contributed by atoms with Gasteiger partial charge in [0.25, 0.3) is 0 Å². The van der Waals surface area contributed by atoms with E-state index in [-0.39, 0.29) is 0 Å². The van der Waals surface area contributed by atoms with E-state index in [4.69, 9.17) is 0 Å². The van der Waals surface area contributed by atoms with Gasteiger partial charge in [0.05, 0.1) is 5.04 Å². The molecular formula is C15H14NS. The Kier molecular flexibility index (Phi) is 4.39. The van der Waals surface area contributed by atoms with Crippen LogP contribution in [0.5, 0.6) is 0 Å². The third kappa shape index (κ3) is 3.46. The van der Waals surface area contributed by atoms with E-state index in [0.717, 1.165) is 16.4 Å². The SMILES string of the molecule is C/N=C(/SCc1ccccc1)c1c[c]ccc1. The van der Waals surface area contributed by atoms with Gasteiger partial charge in [-0.2, -0.15) is 0 Å². The van der Waals surface area contributed by atoms with Crippen molar-refractivity contribution in [2.45, 2.75) is 5.75 Å². The first-order chi connectivity index (χ1) is 8.40. The number of rotatable bonds is 3. The van der Waals surface area contributed by atoms with Gasteiger partial charge >= 0.3 is 0 Å². The van der Waals surface area contributed by atoms with Crippen LogP contribution in [0.2, 0.25) is 0 Å². The lowest BCUT2D eigenvalue weighted by Crippen LogP contribution is -1.96. The van der Waals surface area contributed by atoms with Crippen molar-refractivity contribution in [3.63, 3.8) is 0 Å². The summed E-state index contributed by atoms with van der Waals surface area (Å²) in [6.45, 7) is 0. The van der Waals surface area contributed by atoms with Crippen molar-refractivity contribution in [2.75, 3.05) is 7.05 Å². The van der Waals surface area contributed by atoms with Crippen LogP contribution >= 0.6 is 11.8 Å². The van der Waals surface area contributed by atoms with E-state index in [1.165, 1.54) is 5.56 Å². The monoisotopic (exact) mass is 240 g/mol. The molecule has 0 saturated heterocycles.